The van der Waals surface area contributed by atoms with E-state index in [0.29, 0.717) is 22.6 Å². The number of anilines is 1. The third kappa shape index (κ3) is 1.78. The molecule has 1 aromatic heterocycles. The first-order valence-corrected chi connectivity index (χ1v) is 5.37. The van der Waals surface area contributed by atoms with Crippen molar-refractivity contribution >= 4 is 16.6 Å². The lowest BCUT2D eigenvalue weighted by molar-refractivity contribution is 0.397. The number of pyridine rings is 1. The van der Waals surface area contributed by atoms with Crippen molar-refractivity contribution in [2.45, 2.75) is 0 Å². The lowest BCUT2D eigenvalue weighted by Gasteiger charge is -2.12. The van der Waals surface area contributed by atoms with Gasteiger partial charge in [0.1, 0.15) is 23.1 Å². The van der Waals surface area contributed by atoms with Crippen LogP contribution in [-0.4, -0.2) is 26.3 Å². The second-order valence-corrected chi connectivity index (χ2v) is 3.63. The summed E-state index contributed by atoms with van der Waals surface area (Å²) in [5.74, 6) is 1.28. The predicted molar refractivity (Wildman–Crippen MR) is 69.1 cm³/mol. The average Bonchev–Trinajstić information content (AvgIpc) is 2.44. The fourth-order valence-electron chi connectivity index (χ4n) is 1.87. The highest BCUT2D eigenvalue weighted by molar-refractivity contribution is 5.98. The zero-order chi connectivity index (χ0) is 13.1. The third-order valence-electron chi connectivity index (χ3n) is 2.74. The maximum absolute atomic E-state index is 9.07. The summed E-state index contributed by atoms with van der Waals surface area (Å²) in [5, 5.41) is 12.9. The normalized spacial score (nSPS) is 9.89. The number of nitrogens with one attached hydrogen (secondary N) is 1. The summed E-state index contributed by atoms with van der Waals surface area (Å²) in [6.45, 7) is 0. The van der Waals surface area contributed by atoms with Crippen LogP contribution in [0.15, 0.2) is 18.3 Å². The number of methoxy groups -OCH3 is 2. The van der Waals surface area contributed by atoms with Crippen LogP contribution in [-0.2, 0) is 0 Å². The first kappa shape index (κ1) is 12.0. The molecule has 0 amide bonds. The van der Waals surface area contributed by atoms with Crippen LogP contribution in [0, 0.1) is 11.3 Å². The summed E-state index contributed by atoms with van der Waals surface area (Å²) in [4.78, 5) is 4.26. The highest BCUT2D eigenvalue weighted by Crippen LogP contribution is 2.35. The van der Waals surface area contributed by atoms with Gasteiger partial charge < -0.3 is 14.8 Å². The molecule has 5 heteroatoms. The Kier molecular flexibility index (Phi) is 3.20. The number of hydrogen-bond donors (Lipinski definition) is 1. The molecule has 1 N–H and O–H groups in total. The van der Waals surface area contributed by atoms with Gasteiger partial charge in [0.05, 0.1) is 25.5 Å². The van der Waals surface area contributed by atoms with E-state index in [4.69, 9.17) is 14.7 Å². The van der Waals surface area contributed by atoms with E-state index in [-0.39, 0.29) is 0 Å². The molecule has 18 heavy (non-hydrogen) atoms. The number of hydrogen-bond acceptors (Lipinski definition) is 5. The SMILES string of the molecule is CNc1c(C#N)cnc2c(OC)cc(OC)cc12. The smallest absolute Gasteiger partial charge is 0.148 e. The van der Waals surface area contributed by atoms with Crippen molar-refractivity contribution in [2.75, 3.05) is 26.6 Å². The molecule has 0 aliphatic heterocycles. The molecule has 0 spiro atoms. The van der Waals surface area contributed by atoms with Crippen LogP contribution >= 0.6 is 0 Å². The van der Waals surface area contributed by atoms with Crippen LogP contribution in [0.2, 0.25) is 0 Å². The van der Waals surface area contributed by atoms with Gasteiger partial charge >= 0.3 is 0 Å². The Bertz CT molecular complexity index is 632. The number of aromatic nitrogens is 1. The fourth-order valence-corrected chi connectivity index (χ4v) is 1.87. The first-order chi connectivity index (χ1) is 8.74. The standard InChI is InChI=1S/C13H13N3O2/c1-15-12-8(6-14)7-16-13-10(12)4-9(17-2)5-11(13)18-3/h4-5,7H,1-3H3,(H,15,16). The van der Waals surface area contributed by atoms with Gasteiger partial charge in [0.2, 0.25) is 0 Å². The van der Waals surface area contributed by atoms with Crippen LogP contribution in [0.5, 0.6) is 11.5 Å². The van der Waals surface area contributed by atoms with Gasteiger partial charge in [-0.1, -0.05) is 0 Å². The lowest BCUT2D eigenvalue weighted by atomic mass is 10.1. The van der Waals surface area contributed by atoms with Crippen LogP contribution in [0.3, 0.4) is 0 Å². The van der Waals surface area contributed by atoms with E-state index in [2.05, 4.69) is 16.4 Å². The van der Waals surface area contributed by atoms with Gasteiger partial charge in [-0.2, -0.15) is 5.26 Å². The summed E-state index contributed by atoms with van der Waals surface area (Å²) >= 11 is 0. The molecule has 0 saturated carbocycles. The van der Waals surface area contributed by atoms with Crippen molar-refractivity contribution in [3.05, 3.63) is 23.9 Å². The van der Waals surface area contributed by atoms with E-state index in [1.165, 1.54) is 6.20 Å². The highest BCUT2D eigenvalue weighted by Gasteiger charge is 2.13. The van der Waals surface area contributed by atoms with E-state index in [1.807, 2.05) is 6.07 Å². The minimum absolute atomic E-state index is 0.486. The van der Waals surface area contributed by atoms with Gasteiger partial charge in [0, 0.05) is 24.7 Å². The van der Waals surface area contributed by atoms with E-state index in [9.17, 15) is 0 Å². The van der Waals surface area contributed by atoms with Gasteiger partial charge in [0.25, 0.3) is 0 Å². The van der Waals surface area contributed by atoms with Gasteiger partial charge in [-0.3, -0.25) is 4.98 Å². The third-order valence-corrected chi connectivity index (χ3v) is 2.74. The maximum Gasteiger partial charge on any atom is 0.148 e. The van der Waals surface area contributed by atoms with Crippen molar-refractivity contribution in [3.63, 3.8) is 0 Å². The van der Waals surface area contributed by atoms with Crippen molar-refractivity contribution in [1.29, 1.82) is 5.26 Å². The molecule has 2 aromatic rings. The molecule has 0 saturated heterocycles. The van der Waals surface area contributed by atoms with E-state index in [0.717, 1.165) is 11.1 Å². The molecule has 0 aliphatic carbocycles. The van der Waals surface area contributed by atoms with E-state index >= 15 is 0 Å². The molecule has 1 aromatic carbocycles. The largest absolute Gasteiger partial charge is 0.497 e. The molecule has 0 fully saturated rings. The molecular formula is C13H13N3O2. The molecular weight excluding hydrogens is 230 g/mol. The van der Waals surface area contributed by atoms with Crippen molar-refractivity contribution in [1.82, 2.24) is 4.98 Å². The van der Waals surface area contributed by atoms with Crippen LogP contribution in [0.4, 0.5) is 5.69 Å². The summed E-state index contributed by atoms with van der Waals surface area (Å²) in [6.07, 6.45) is 1.53. The molecule has 0 radical (unpaired) electrons. The summed E-state index contributed by atoms with van der Waals surface area (Å²) in [7, 11) is 4.93. The lowest BCUT2D eigenvalue weighted by Crippen LogP contribution is -1.98. The maximum atomic E-state index is 9.07. The first-order valence-electron chi connectivity index (χ1n) is 5.37. The zero-order valence-corrected chi connectivity index (χ0v) is 10.4. The summed E-state index contributed by atoms with van der Waals surface area (Å²) in [6, 6.07) is 5.70. The molecule has 0 aliphatic rings. The van der Waals surface area contributed by atoms with Crippen molar-refractivity contribution in [3.8, 4) is 17.6 Å². The van der Waals surface area contributed by atoms with Crippen molar-refractivity contribution < 1.29 is 9.47 Å². The van der Waals surface area contributed by atoms with Crippen LogP contribution < -0.4 is 14.8 Å². The molecule has 5 nitrogen and oxygen atoms in total. The molecule has 0 unspecified atom stereocenters. The van der Waals surface area contributed by atoms with E-state index in [1.54, 1.807) is 27.3 Å². The predicted octanol–water partition coefficient (Wildman–Crippen LogP) is 2.17. The van der Waals surface area contributed by atoms with Crippen LogP contribution in [0.25, 0.3) is 10.9 Å². The van der Waals surface area contributed by atoms with Gasteiger partial charge in [-0.05, 0) is 6.07 Å². The Morgan fingerprint density at radius 2 is 2.06 bits per heavy atom. The summed E-state index contributed by atoms with van der Waals surface area (Å²) < 4.78 is 10.5. The zero-order valence-electron chi connectivity index (χ0n) is 10.4. The molecule has 2 rings (SSSR count). The van der Waals surface area contributed by atoms with E-state index < -0.39 is 0 Å². The molecule has 1 heterocycles. The summed E-state index contributed by atoms with van der Waals surface area (Å²) in [5.41, 5.74) is 1.90. The second kappa shape index (κ2) is 4.80. The number of fused-ring (bicyclic) bond motifs is 1. The Morgan fingerprint density at radius 1 is 1.28 bits per heavy atom. The Balaban J connectivity index is 2.87. The number of nitrogens with zero attached hydrogens (tertiary/aromatic N) is 2. The number of ether oxygens (including phenoxy) is 2. The van der Waals surface area contributed by atoms with Gasteiger partial charge in [-0.25, -0.2) is 0 Å². The quantitative estimate of drug-likeness (QED) is 0.894. The topological polar surface area (TPSA) is 67.2 Å². The minimum atomic E-state index is 0.486. The highest BCUT2D eigenvalue weighted by atomic mass is 16.5. The number of nitriles is 1. The molecule has 0 bridgehead atoms. The monoisotopic (exact) mass is 243 g/mol. The second-order valence-electron chi connectivity index (χ2n) is 3.63. The Morgan fingerprint density at radius 3 is 2.61 bits per heavy atom. The van der Waals surface area contributed by atoms with Gasteiger partial charge in [-0.15, -0.1) is 0 Å². The number of rotatable bonds is 3. The van der Waals surface area contributed by atoms with Crippen LogP contribution in [0.1, 0.15) is 5.56 Å². The number of benzene rings is 1. The average molecular weight is 243 g/mol. The van der Waals surface area contributed by atoms with Gasteiger partial charge in [0.15, 0.2) is 0 Å². The molecule has 0 atom stereocenters. The fraction of sp³-hybridized carbons (Fsp3) is 0.231. The Hall–Kier alpha value is -2.48. The molecule has 92 valence electrons. The van der Waals surface area contributed by atoms with Crippen molar-refractivity contribution in [2.24, 2.45) is 0 Å². The minimum Gasteiger partial charge on any atom is -0.497 e. The Labute approximate surface area is 105 Å².